The Labute approximate surface area is 169 Å². The Hall–Kier alpha value is -1.79. The van der Waals surface area contributed by atoms with Crippen molar-refractivity contribution >= 4 is 57.7 Å². The van der Waals surface area contributed by atoms with Crippen LogP contribution in [-0.4, -0.2) is 10.9 Å². The summed E-state index contributed by atoms with van der Waals surface area (Å²) in [5, 5.41) is 6.93. The maximum absolute atomic E-state index is 12.2. The number of hydrogen-bond acceptors (Lipinski definition) is 4. The molecular weight excluding hydrogens is 415 g/mol. The van der Waals surface area contributed by atoms with Crippen molar-refractivity contribution in [2.75, 3.05) is 5.32 Å². The predicted octanol–water partition coefficient (Wildman–Crippen LogP) is 5.86. The van der Waals surface area contributed by atoms with Crippen molar-refractivity contribution in [2.45, 2.75) is 13.0 Å². The zero-order chi connectivity index (χ0) is 18.5. The van der Waals surface area contributed by atoms with Crippen molar-refractivity contribution < 1.29 is 9.53 Å². The summed E-state index contributed by atoms with van der Waals surface area (Å²) in [6.07, 6.45) is 0.149. The van der Waals surface area contributed by atoms with E-state index in [-0.39, 0.29) is 12.3 Å². The van der Waals surface area contributed by atoms with E-state index in [0.29, 0.717) is 38.8 Å². The number of benzene rings is 2. The van der Waals surface area contributed by atoms with Gasteiger partial charge in [-0.05, 0) is 42.5 Å². The summed E-state index contributed by atoms with van der Waals surface area (Å²) in [5.74, 6) is 0.506. The molecule has 0 saturated carbocycles. The number of carbonyl (C=O) groups is 1. The Morgan fingerprint density at radius 2 is 1.81 bits per heavy atom. The highest BCUT2D eigenvalue weighted by atomic mass is 35.5. The first kappa shape index (κ1) is 19.0. The SMILES string of the molecule is O=C(Cc1csc(COc2ccc(Cl)cc2)n1)Nc1ccc(Cl)cc1Cl. The van der Waals surface area contributed by atoms with Crippen LogP contribution in [0.2, 0.25) is 15.1 Å². The third-order valence-electron chi connectivity index (χ3n) is 3.32. The summed E-state index contributed by atoms with van der Waals surface area (Å²) in [6.45, 7) is 0.330. The fourth-order valence-corrected chi connectivity index (χ4v) is 3.41. The maximum atomic E-state index is 12.2. The summed E-state index contributed by atoms with van der Waals surface area (Å²) in [7, 11) is 0. The second kappa shape index (κ2) is 8.73. The van der Waals surface area contributed by atoms with Gasteiger partial charge in [0, 0.05) is 15.4 Å². The van der Waals surface area contributed by atoms with E-state index < -0.39 is 0 Å². The quantitative estimate of drug-likeness (QED) is 0.536. The lowest BCUT2D eigenvalue weighted by Crippen LogP contribution is -2.15. The van der Waals surface area contributed by atoms with Gasteiger partial charge in [0.05, 0.1) is 22.8 Å². The molecule has 1 amide bonds. The fourth-order valence-electron chi connectivity index (χ4n) is 2.12. The summed E-state index contributed by atoms with van der Waals surface area (Å²) in [6, 6.07) is 12.0. The van der Waals surface area contributed by atoms with E-state index >= 15 is 0 Å². The molecule has 0 aliphatic heterocycles. The smallest absolute Gasteiger partial charge is 0.230 e. The molecule has 2 aromatic carbocycles. The summed E-state index contributed by atoms with van der Waals surface area (Å²) in [5.41, 5.74) is 1.19. The van der Waals surface area contributed by atoms with Crippen LogP contribution in [0.1, 0.15) is 10.7 Å². The molecule has 0 fully saturated rings. The van der Waals surface area contributed by atoms with Crippen LogP contribution in [0.4, 0.5) is 5.69 Å². The molecule has 134 valence electrons. The zero-order valence-corrected chi connectivity index (χ0v) is 16.4. The molecule has 0 aliphatic carbocycles. The molecule has 26 heavy (non-hydrogen) atoms. The molecule has 0 bridgehead atoms. The number of aromatic nitrogens is 1. The Morgan fingerprint density at radius 3 is 2.54 bits per heavy atom. The minimum Gasteiger partial charge on any atom is -0.486 e. The molecule has 1 heterocycles. The average Bonchev–Trinajstić information content (AvgIpc) is 3.04. The molecule has 0 atom stereocenters. The summed E-state index contributed by atoms with van der Waals surface area (Å²) < 4.78 is 5.65. The number of nitrogens with one attached hydrogen (secondary N) is 1. The van der Waals surface area contributed by atoms with Crippen LogP contribution in [0, 0.1) is 0 Å². The van der Waals surface area contributed by atoms with Crippen molar-refractivity contribution in [3.63, 3.8) is 0 Å². The minimum atomic E-state index is -0.204. The number of amides is 1. The van der Waals surface area contributed by atoms with Crippen molar-refractivity contribution in [3.05, 3.63) is 73.6 Å². The van der Waals surface area contributed by atoms with Crippen LogP contribution >= 0.6 is 46.1 Å². The lowest BCUT2D eigenvalue weighted by Gasteiger charge is -2.06. The molecule has 0 saturated heterocycles. The van der Waals surface area contributed by atoms with Crippen LogP contribution in [-0.2, 0) is 17.8 Å². The van der Waals surface area contributed by atoms with Crippen molar-refractivity contribution in [1.29, 1.82) is 0 Å². The van der Waals surface area contributed by atoms with Crippen molar-refractivity contribution in [3.8, 4) is 5.75 Å². The number of halogens is 3. The number of thiazole rings is 1. The van der Waals surface area contributed by atoms with Gasteiger partial charge in [-0.25, -0.2) is 4.98 Å². The third-order valence-corrected chi connectivity index (χ3v) is 4.99. The van der Waals surface area contributed by atoms with Crippen molar-refractivity contribution in [2.24, 2.45) is 0 Å². The van der Waals surface area contributed by atoms with Crippen LogP contribution in [0.5, 0.6) is 5.75 Å². The Morgan fingerprint density at radius 1 is 1.08 bits per heavy atom. The van der Waals surface area contributed by atoms with Gasteiger partial charge in [-0.2, -0.15) is 0 Å². The highest BCUT2D eigenvalue weighted by Crippen LogP contribution is 2.25. The largest absolute Gasteiger partial charge is 0.486 e. The first-order valence-electron chi connectivity index (χ1n) is 7.56. The van der Waals surface area contributed by atoms with Crippen LogP contribution < -0.4 is 10.1 Å². The molecule has 0 spiro atoms. The van der Waals surface area contributed by atoms with Gasteiger partial charge in [0.25, 0.3) is 0 Å². The highest BCUT2D eigenvalue weighted by Gasteiger charge is 2.10. The number of rotatable bonds is 6. The fraction of sp³-hybridized carbons (Fsp3) is 0.111. The average molecular weight is 428 g/mol. The topological polar surface area (TPSA) is 51.2 Å². The van der Waals surface area contributed by atoms with Crippen LogP contribution in [0.15, 0.2) is 47.8 Å². The first-order chi connectivity index (χ1) is 12.5. The van der Waals surface area contributed by atoms with Gasteiger partial charge in [0.1, 0.15) is 17.4 Å². The number of carbonyl (C=O) groups excluding carboxylic acids is 1. The predicted molar refractivity (Wildman–Crippen MR) is 107 cm³/mol. The number of ether oxygens (including phenoxy) is 1. The van der Waals surface area contributed by atoms with Gasteiger partial charge in [0.2, 0.25) is 5.91 Å². The Balaban J connectivity index is 1.54. The first-order valence-corrected chi connectivity index (χ1v) is 9.57. The second-order valence-corrected chi connectivity index (χ2v) is 7.55. The van der Waals surface area contributed by atoms with Gasteiger partial charge in [-0.3, -0.25) is 4.79 Å². The van der Waals surface area contributed by atoms with Gasteiger partial charge in [0.15, 0.2) is 0 Å². The highest BCUT2D eigenvalue weighted by molar-refractivity contribution is 7.09. The number of hydrogen-bond donors (Lipinski definition) is 1. The van der Waals surface area contributed by atoms with Gasteiger partial charge < -0.3 is 10.1 Å². The molecule has 1 aromatic heterocycles. The molecule has 0 aliphatic rings. The zero-order valence-electron chi connectivity index (χ0n) is 13.3. The maximum Gasteiger partial charge on any atom is 0.230 e. The van der Waals surface area contributed by atoms with E-state index in [9.17, 15) is 4.79 Å². The Kier molecular flexibility index (Phi) is 6.38. The van der Waals surface area contributed by atoms with Gasteiger partial charge in [-0.15, -0.1) is 11.3 Å². The molecule has 1 N–H and O–H groups in total. The number of anilines is 1. The summed E-state index contributed by atoms with van der Waals surface area (Å²) >= 11 is 19.2. The molecule has 8 heteroatoms. The van der Waals surface area contributed by atoms with Crippen LogP contribution in [0.25, 0.3) is 0 Å². The third kappa shape index (κ3) is 5.35. The standard InChI is InChI=1S/C18H13Cl3N2O2S/c19-11-1-4-14(5-2-11)25-9-18-22-13(10-26-18)8-17(24)23-16-6-3-12(20)7-15(16)21/h1-7,10H,8-9H2,(H,23,24). The van der Waals surface area contributed by atoms with E-state index in [0.717, 1.165) is 5.01 Å². The molecule has 4 nitrogen and oxygen atoms in total. The molecule has 0 unspecified atom stereocenters. The molecule has 3 rings (SSSR count). The van der Waals surface area contributed by atoms with Gasteiger partial charge in [-0.1, -0.05) is 34.8 Å². The van der Waals surface area contributed by atoms with E-state index in [1.54, 1.807) is 42.5 Å². The lowest BCUT2D eigenvalue weighted by molar-refractivity contribution is -0.115. The van der Waals surface area contributed by atoms with Gasteiger partial charge >= 0.3 is 0 Å². The van der Waals surface area contributed by atoms with E-state index in [1.165, 1.54) is 11.3 Å². The Bertz CT molecular complexity index is 913. The van der Waals surface area contributed by atoms with E-state index in [1.807, 2.05) is 5.38 Å². The number of nitrogens with zero attached hydrogens (tertiary/aromatic N) is 1. The van der Waals surface area contributed by atoms with Crippen LogP contribution in [0.3, 0.4) is 0 Å². The normalized spacial score (nSPS) is 10.6. The second-order valence-electron chi connectivity index (χ2n) is 5.32. The molecule has 0 radical (unpaired) electrons. The monoisotopic (exact) mass is 426 g/mol. The minimum absolute atomic E-state index is 0.149. The van der Waals surface area contributed by atoms with Crippen molar-refractivity contribution in [1.82, 2.24) is 4.98 Å². The summed E-state index contributed by atoms with van der Waals surface area (Å²) in [4.78, 5) is 16.6. The lowest BCUT2D eigenvalue weighted by atomic mass is 10.3. The van der Waals surface area contributed by atoms with E-state index in [2.05, 4.69) is 10.3 Å². The molecule has 3 aromatic rings. The van der Waals surface area contributed by atoms with E-state index in [4.69, 9.17) is 39.5 Å². The molecular formula is C18H13Cl3N2O2S.